The highest BCUT2D eigenvalue weighted by molar-refractivity contribution is 5.80. The maximum atomic E-state index is 10.8. The maximum absolute atomic E-state index is 10.8. The van der Waals surface area contributed by atoms with Gasteiger partial charge in [-0.3, -0.25) is 4.99 Å². The first-order chi connectivity index (χ1) is 9.60. The van der Waals surface area contributed by atoms with Crippen molar-refractivity contribution in [1.29, 1.82) is 0 Å². The van der Waals surface area contributed by atoms with E-state index in [1.807, 2.05) is 24.3 Å². The minimum atomic E-state index is -0.998. The summed E-state index contributed by atoms with van der Waals surface area (Å²) in [5.74, 6) is 0.775. The van der Waals surface area contributed by atoms with Crippen molar-refractivity contribution in [3.05, 3.63) is 29.8 Å². The van der Waals surface area contributed by atoms with Crippen LogP contribution in [-0.2, 0) is 0 Å². The van der Waals surface area contributed by atoms with Crippen LogP contribution in [0.5, 0.6) is 5.75 Å². The molecule has 0 aliphatic carbocycles. The summed E-state index contributed by atoms with van der Waals surface area (Å²) in [4.78, 5) is 16.4. The number of β-amino-alcohol motifs (C(OH)–C–C–N with tert-alkyl or cyclic N) is 1. The Morgan fingerprint density at radius 3 is 2.70 bits per heavy atom. The van der Waals surface area contributed by atoms with Crippen LogP contribution in [0.4, 0.5) is 4.79 Å². The zero-order chi connectivity index (χ0) is 14.5. The fraction of sp³-hybridized carbons (Fsp3) is 0.429. The predicted molar refractivity (Wildman–Crippen MR) is 74.6 cm³/mol. The summed E-state index contributed by atoms with van der Waals surface area (Å²) in [6, 6.07) is 7.17. The molecule has 1 aliphatic heterocycles. The Morgan fingerprint density at radius 2 is 2.15 bits per heavy atom. The molecule has 2 N–H and O–H groups in total. The Balaban J connectivity index is 1.95. The van der Waals surface area contributed by atoms with Crippen molar-refractivity contribution in [2.45, 2.75) is 18.6 Å². The molecule has 1 fully saturated rings. The molecule has 2 rings (SSSR count). The molecular weight excluding hydrogens is 260 g/mol. The van der Waals surface area contributed by atoms with E-state index >= 15 is 0 Å². The lowest BCUT2D eigenvalue weighted by atomic mass is 10.0. The van der Waals surface area contributed by atoms with Gasteiger partial charge in [-0.1, -0.05) is 0 Å². The Bertz CT molecular complexity index is 486. The van der Waals surface area contributed by atoms with Gasteiger partial charge in [0, 0.05) is 12.8 Å². The van der Waals surface area contributed by atoms with Crippen LogP contribution >= 0.6 is 0 Å². The van der Waals surface area contributed by atoms with Gasteiger partial charge >= 0.3 is 6.09 Å². The summed E-state index contributed by atoms with van der Waals surface area (Å²) in [5.41, 5.74) is 0.915. The van der Waals surface area contributed by atoms with Gasteiger partial charge in [0.15, 0.2) is 0 Å². The molecule has 6 nitrogen and oxygen atoms in total. The summed E-state index contributed by atoms with van der Waals surface area (Å²) in [6.45, 7) is 0.511. The number of nitrogens with zero attached hydrogens (tertiary/aromatic N) is 2. The third-order valence-electron chi connectivity index (χ3n) is 3.35. The predicted octanol–water partition coefficient (Wildman–Crippen LogP) is 1.23. The summed E-state index contributed by atoms with van der Waals surface area (Å²) < 4.78 is 5.07. The number of likely N-dealkylation sites (tertiary alicyclic amines) is 1. The second-order valence-corrected chi connectivity index (χ2v) is 4.70. The molecule has 6 heteroatoms. The van der Waals surface area contributed by atoms with E-state index in [-0.39, 0.29) is 12.6 Å². The molecule has 1 amide bonds. The van der Waals surface area contributed by atoms with Crippen molar-refractivity contribution in [2.24, 2.45) is 4.99 Å². The summed E-state index contributed by atoms with van der Waals surface area (Å²) in [7, 11) is 1.61. The zero-order valence-electron chi connectivity index (χ0n) is 11.3. The fourth-order valence-electron chi connectivity index (χ4n) is 2.14. The van der Waals surface area contributed by atoms with Crippen LogP contribution in [-0.4, -0.2) is 59.8 Å². The van der Waals surface area contributed by atoms with Gasteiger partial charge < -0.3 is 19.8 Å². The number of aliphatic hydroxyl groups is 1. The number of carbonyl (C=O) groups is 1. The molecule has 1 heterocycles. The van der Waals surface area contributed by atoms with Gasteiger partial charge in [0.2, 0.25) is 0 Å². The van der Waals surface area contributed by atoms with Crippen molar-refractivity contribution >= 4 is 12.3 Å². The average molecular weight is 278 g/mol. The summed E-state index contributed by atoms with van der Waals surface area (Å²) in [6.07, 6.45) is 0.472. The SMILES string of the molecule is COc1ccc(C=N[C@@H]2CCN(C(=O)O)C[C@H]2O)cc1. The number of piperidine rings is 1. The molecule has 1 aliphatic rings. The standard InChI is InChI=1S/C14H18N2O4/c1-20-11-4-2-10(3-5-11)8-15-12-6-7-16(14(18)19)9-13(12)17/h2-5,8,12-13,17H,6-7,9H2,1H3,(H,18,19)/t12-,13-/m1/s1. The molecular formula is C14H18N2O4. The number of ether oxygens (including phenoxy) is 1. The van der Waals surface area contributed by atoms with E-state index in [9.17, 15) is 9.90 Å². The molecule has 0 aromatic heterocycles. The molecule has 20 heavy (non-hydrogen) atoms. The van der Waals surface area contributed by atoms with Crippen LogP contribution in [0.1, 0.15) is 12.0 Å². The number of benzene rings is 1. The van der Waals surface area contributed by atoms with Crippen molar-refractivity contribution in [2.75, 3.05) is 20.2 Å². The van der Waals surface area contributed by atoms with Gasteiger partial charge in [-0.05, 0) is 36.2 Å². The molecule has 0 unspecified atom stereocenters. The smallest absolute Gasteiger partial charge is 0.407 e. The van der Waals surface area contributed by atoms with Crippen LogP contribution < -0.4 is 4.74 Å². The number of hydrogen-bond donors (Lipinski definition) is 2. The number of methoxy groups -OCH3 is 1. The highest BCUT2D eigenvalue weighted by Gasteiger charge is 2.29. The second-order valence-electron chi connectivity index (χ2n) is 4.70. The van der Waals surface area contributed by atoms with Gasteiger partial charge in [0.25, 0.3) is 0 Å². The molecule has 0 radical (unpaired) electrons. The van der Waals surface area contributed by atoms with Gasteiger partial charge in [-0.25, -0.2) is 4.79 Å². The van der Waals surface area contributed by atoms with E-state index in [2.05, 4.69) is 4.99 Å². The first kappa shape index (κ1) is 14.3. The fourth-order valence-corrected chi connectivity index (χ4v) is 2.14. The Hall–Kier alpha value is -2.08. The number of amides is 1. The minimum Gasteiger partial charge on any atom is -0.497 e. The van der Waals surface area contributed by atoms with Gasteiger partial charge in [-0.2, -0.15) is 0 Å². The van der Waals surface area contributed by atoms with Crippen molar-refractivity contribution in [1.82, 2.24) is 4.90 Å². The van der Waals surface area contributed by atoms with Crippen molar-refractivity contribution in [3.8, 4) is 5.75 Å². The lowest BCUT2D eigenvalue weighted by Gasteiger charge is -2.32. The number of aliphatic imine (C=N–C) groups is 1. The number of carboxylic acid groups (broad SMARTS) is 1. The summed E-state index contributed by atoms with van der Waals surface area (Å²) >= 11 is 0. The normalized spacial score (nSPS) is 23.0. The van der Waals surface area contributed by atoms with E-state index in [0.717, 1.165) is 11.3 Å². The van der Waals surface area contributed by atoms with Crippen LogP contribution in [0, 0.1) is 0 Å². The highest BCUT2D eigenvalue weighted by Crippen LogP contribution is 2.15. The molecule has 0 saturated carbocycles. The van der Waals surface area contributed by atoms with Crippen LogP contribution in [0.25, 0.3) is 0 Å². The van der Waals surface area contributed by atoms with Crippen molar-refractivity contribution < 1.29 is 19.7 Å². The van der Waals surface area contributed by atoms with E-state index in [1.54, 1.807) is 13.3 Å². The maximum Gasteiger partial charge on any atom is 0.407 e. The number of hydrogen-bond acceptors (Lipinski definition) is 4. The van der Waals surface area contributed by atoms with E-state index < -0.39 is 12.2 Å². The molecule has 1 aromatic rings. The lowest BCUT2D eigenvalue weighted by molar-refractivity contribution is 0.0531. The first-order valence-corrected chi connectivity index (χ1v) is 6.43. The Morgan fingerprint density at radius 1 is 1.45 bits per heavy atom. The molecule has 108 valence electrons. The van der Waals surface area contributed by atoms with Gasteiger partial charge in [-0.15, -0.1) is 0 Å². The average Bonchev–Trinajstić information content (AvgIpc) is 2.46. The number of rotatable bonds is 3. The lowest BCUT2D eigenvalue weighted by Crippen LogP contribution is -2.47. The van der Waals surface area contributed by atoms with E-state index in [0.29, 0.717) is 13.0 Å². The van der Waals surface area contributed by atoms with Crippen LogP contribution in [0.15, 0.2) is 29.3 Å². The van der Waals surface area contributed by atoms with Crippen molar-refractivity contribution in [3.63, 3.8) is 0 Å². The molecule has 0 bridgehead atoms. The molecule has 2 atom stereocenters. The van der Waals surface area contributed by atoms with Gasteiger partial charge in [0.05, 0.1) is 25.8 Å². The second kappa shape index (κ2) is 6.38. The van der Waals surface area contributed by atoms with Crippen LogP contribution in [0.2, 0.25) is 0 Å². The largest absolute Gasteiger partial charge is 0.497 e. The Kier molecular flexibility index (Phi) is 4.57. The monoisotopic (exact) mass is 278 g/mol. The first-order valence-electron chi connectivity index (χ1n) is 6.43. The third kappa shape index (κ3) is 3.48. The molecule has 1 aromatic carbocycles. The molecule has 0 spiro atoms. The number of aliphatic hydroxyl groups excluding tert-OH is 1. The van der Waals surface area contributed by atoms with E-state index in [4.69, 9.17) is 9.84 Å². The minimum absolute atomic E-state index is 0.111. The van der Waals surface area contributed by atoms with Gasteiger partial charge in [0.1, 0.15) is 5.75 Å². The third-order valence-corrected chi connectivity index (χ3v) is 3.35. The van der Waals surface area contributed by atoms with E-state index in [1.165, 1.54) is 4.90 Å². The van der Waals surface area contributed by atoms with Crippen LogP contribution in [0.3, 0.4) is 0 Å². The zero-order valence-corrected chi connectivity index (χ0v) is 11.3. The highest BCUT2D eigenvalue weighted by atomic mass is 16.5. The quantitative estimate of drug-likeness (QED) is 0.815. The molecule has 1 saturated heterocycles. The topological polar surface area (TPSA) is 82.4 Å². The summed E-state index contributed by atoms with van der Waals surface area (Å²) in [5, 5.41) is 18.8. The Labute approximate surface area is 117 Å².